The summed E-state index contributed by atoms with van der Waals surface area (Å²) in [5.74, 6) is 0.432. The molecule has 0 spiro atoms. The Morgan fingerprint density at radius 2 is 1.92 bits per heavy atom. The van der Waals surface area contributed by atoms with Gasteiger partial charge in [-0.15, -0.1) is 0 Å². The van der Waals surface area contributed by atoms with Gasteiger partial charge in [-0.3, -0.25) is 5.73 Å². The average Bonchev–Trinajstić information content (AvgIpc) is 2.21. The van der Waals surface area contributed by atoms with Crippen molar-refractivity contribution < 1.29 is 9.47 Å². The summed E-state index contributed by atoms with van der Waals surface area (Å²) in [6, 6.07) is 5.74. The quantitative estimate of drug-likeness (QED) is 0.632. The smallest absolute Gasteiger partial charge is 0.307 e. The van der Waals surface area contributed by atoms with Gasteiger partial charge in [-0.1, -0.05) is 6.07 Å². The molecule has 0 bridgehead atoms. The molecule has 0 saturated carbocycles. The van der Waals surface area contributed by atoms with Crippen LogP contribution in [-0.4, -0.2) is 5.91 Å². The van der Waals surface area contributed by atoms with Crippen LogP contribution in [-0.2, 0) is 0 Å². The molecule has 1 aliphatic heterocycles. The fraction of sp³-hybridized carbons (Fsp3) is 0.333. The Hall–Kier alpha value is -1.22. The van der Waals surface area contributed by atoms with Crippen LogP contribution in [0.15, 0.2) is 18.2 Å². The number of aryl methyl sites for hydroxylation is 1. The molecule has 2 N–H and O–H groups in total. The van der Waals surface area contributed by atoms with Crippen molar-refractivity contribution >= 4 is 0 Å². The lowest BCUT2D eigenvalue weighted by atomic mass is 10.2. The Kier molecular flexibility index (Phi) is 1.32. The molecule has 1 aliphatic rings. The Morgan fingerprint density at radius 3 is 2.67 bits per heavy atom. The molecule has 1 unspecified atom stereocenters. The molecule has 0 amide bonds. The molecule has 1 heterocycles. The van der Waals surface area contributed by atoms with E-state index in [0.29, 0.717) is 5.75 Å². The number of rotatable bonds is 0. The minimum absolute atomic E-state index is 0.714. The fourth-order valence-corrected chi connectivity index (χ4v) is 1.24. The maximum Gasteiger partial charge on any atom is 0.307 e. The molecule has 64 valence electrons. The van der Waals surface area contributed by atoms with Crippen molar-refractivity contribution in [2.75, 3.05) is 0 Å². The van der Waals surface area contributed by atoms with Crippen molar-refractivity contribution in [2.24, 2.45) is 5.73 Å². The van der Waals surface area contributed by atoms with E-state index in [4.69, 9.17) is 15.2 Å². The Labute approximate surface area is 71.1 Å². The second kappa shape index (κ2) is 2.14. The van der Waals surface area contributed by atoms with Crippen molar-refractivity contribution in [1.82, 2.24) is 0 Å². The summed E-state index contributed by atoms with van der Waals surface area (Å²) >= 11 is 0. The van der Waals surface area contributed by atoms with Gasteiger partial charge in [0.25, 0.3) is 0 Å². The van der Waals surface area contributed by atoms with Crippen molar-refractivity contribution in [3.63, 3.8) is 0 Å². The summed E-state index contributed by atoms with van der Waals surface area (Å²) in [7, 11) is 0. The van der Waals surface area contributed by atoms with Crippen LogP contribution in [0.3, 0.4) is 0 Å². The molecule has 0 radical (unpaired) electrons. The van der Waals surface area contributed by atoms with Gasteiger partial charge < -0.3 is 9.47 Å². The molecule has 1 aromatic rings. The number of nitrogens with two attached hydrogens (primary N) is 1. The SMILES string of the molecule is Cc1ccc2c(c1)OC(C)(N)O2. The molecule has 0 aromatic heterocycles. The van der Waals surface area contributed by atoms with Crippen LogP contribution in [0.5, 0.6) is 11.5 Å². The van der Waals surface area contributed by atoms with E-state index < -0.39 is 5.91 Å². The van der Waals surface area contributed by atoms with E-state index in [-0.39, 0.29) is 0 Å². The lowest BCUT2D eigenvalue weighted by molar-refractivity contribution is -0.0551. The third-order valence-electron chi connectivity index (χ3n) is 1.72. The predicted octanol–water partition coefficient (Wildman–Crippen LogP) is 1.40. The normalized spacial score (nSPS) is 25.9. The average molecular weight is 165 g/mol. The van der Waals surface area contributed by atoms with Crippen molar-refractivity contribution in [3.05, 3.63) is 23.8 Å². The number of benzene rings is 1. The first-order valence-corrected chi connectivity index (χ1v) is 3.84. The second-order valence-electron chi connectivity index (χ2n) is 3.17. The third-order valence-corrected chi connectivity index (χ3v) is 1.72. The van der Waals surface area contributed by atoms with Crippen LogP contribution in [0.2, 0.25) is 0 Å². The lowest BCUT2D eigenvalue weighted by Crippen LogP contribution is -2.44. The van der Waals surface area contributed by atoms with Crippen molar-refractivity contribution in [3.8, 4) is 11.5 Å². The first-order chi connectivity index (χ1) is 5.57. The number of hydrogen-bond donors (Lipinski definition) is 1. The van der Waals surface area contributed by atoms with Crippen molar-refractivity contribution in [2.45, 2.75) is 19.8 Å². The first kappa shape index (κ1) is 7.43. The van der Waals surface area contributed by atoms with E-state index in [1.807, 2.05) is 25.1 Å². The number of hydrogen-bond acceptors (Lipinski definition) is 3. The maximum atomic E-state index is 5.63. The van der Waals surface area contributed by atoms with Gasteiger partial charge >= 0.3 is 5.91 Å². The number of fused-ring (bicyclic) bond motifs is 1. The van der Waals surface area contributed by atoms with Gasteiger partial charge in [0, 0.05) is 6.92 Å². The van der Waals surface area contributed by atoms with Crippen molar-refractivity contribution in [1.29, 1.82) is 0 Å². The fourth-order valence-electron chi connectivity index (χ4n) is 1.24. The Bertz CT molecular complexity index is 320. The summed E-state index contributed by atoms with van der Waals surface area (Å²) in [6.45, 7) is 3.68. The highest BCUT2D eigenvalue weighted by Gasteiger charge is 2.32. The summed E-state index contributed by atoms with van der Waals surface area (Å²) in [5, 5.41) is 0. The van der Waals surface area contributed by atoms with E-state index in [0.717, 1.165) is 11.3 Å². The van der Waals surface area contributed by atoms with Crippen LogP contribution < -0.4 is 15.2 Å². The standard InChI is InChI=1S/C9H11NO2/c1-6-3-4-7-8(5-6)12-9(2,10)11-7/h3-5H,10H2,1-2H3. The second-order valence-corrected chi connectivity index (χ2v) is 3.17. The van der Waals surface area contributed by atoms with Gasteiger partial charge in [0.2, 0.25) is 0 Å². The summed E-state index contributed by atoms with van der Waals surface area (Å²) < 4.78 is 10.6. The molecular weight excluding hydrogens is 154 g/mol. The molecule has 0 aliphatic carbocycles. The topological polar surface area (TPSA) is 44.5 Å². The minimum Gasteiger partial charge on any atom is -0.436 e. The molecule has 1 aromatic carbocycles. The minimum atomic E-state index is -1.00. The van der Waals surface area contributed by atoms with E-state index in [1.54, 1.807) is 6.92 Å². The summed E-state index contributed by atoms with van der Waals surface area (Å²) in [4.78, 5) is 0. The van der Waals surface area contributed by atoms with E-state index >= 15 is 0 Å². The molecule has 0 fully saturated rings. The van der Waals surface area contributed by atoms with Gasteiger partial charge in [-0.2, -0.15) is 0 Å². The van der Waals surface area contributed by atoms with E-state index in [2.05, 4.69) is 0 Å². The van der Waals surface area contributed by atoms with E-state index in [1.165, 1.54) is 0 Å². The molecular formula is C9H11NO2. The highest BCUT2D eigenvalue weighted by atomic mass is 16.7. The highest BCUT2D eigenvalue weighted by Crippen LogP contribution is 2.37. The molecule has 1 atom stereocenters. The molecule has 2 rings (SSSR count). The van der Waals surface area contributed by atoms with E-state index in [9.17, 15) is 0 Å². The summed E-state index contributed by atoms with van der Waals surface area (Å²) in [6.07, 6.45) is 0. The zero-order valence-corrected chi connectivity index (χ0v) is 7.13. The third kappa shape index (κ3) is 1.12. The molecule has 3 nitrogen and oxygen atoms in total. The van der Waals surface area contributed by atoms with Crippen LogP contribution in [0.1, 0.15) is 12.5 Å². The monoisotopic (exact) mass is 165 g/mol. The van der Waals surface area contributed by atoms with Gasteiger partial charge in [-0.05, 0) is 24.6 Å². The number of ether oxygens (including phenoxy) is 2. The maximum absolute atomic E-state index is 5.63. The molecule has 0 saturated heterocycles. The van der Waals surface area contributed by atoms with Gasteiger partial charge in [-0.25, -0.2) is 0 Å². The van der Waals surface area contributed by atoms with Crippen LogP contribution in [0, 0.1) is 6.92 Å². The van der Waals surface area contributed by atoms with Crippen LogP contribution >= 0.6 is 0 Å². The Balaban J connectivity index is 2.43. The molecule has 12 heavy (non-hydrogen) atoms. The highest BCUT2D eigenvalue weighted by molar-refractivity contribution is 5.45. The Morgan fingerprint density at radius 1 is 1.25 bits per heavy atom. The summed E-state index contributed by atoms with van der Waals surface area (Å²) in [5.41, 5.74) is 6.77. The van der Waals surface area contributed by atoms with Crippen LogP contribution in [0.25, 0.3) is 0 Å². The van der Waals surface area contributed by atoms with Gasteiger partial charge in [0.15, 0.2) is 11.5 Å². The zero-order chi connectivity index (χ0) is 8.77. The predicted molar refractivity (Wildman–Crippen MR) is 45.0 cm³/mol. The van der Waals surface area contributed by atoms with Gasteiger partial charge in [0.05, 0.1) is 0 Å². The van der Waals surface area contributed by atoms with Crippen LogP contribution in [0.4, 0.5) is 0 Å². The first-order valence-electron chi connectivity index (χ1n) is 3.84. The lowest BCUT2D eigenvalue weighted by Gasteiger charge is -2.15. The largest absolute Gasteiger partial charge is 0.436 e. The van der Waals surface area contributed by atoms with Gasteiger partial charge in [0.1, 0.15) is 0 Å². The zero-order valence-electron chi connectivity index (χ0n) is 7.13. The molecule has 3 heteroatoms.